The van der Waals surface area contributed by atoms with Crippen molar-refractivity contribution in [3.63, 3.8) is 0 Å². The molecule has 184 valence electrons. The lowest BCUT2D eigenvalue weighted by Gasteiger charge is -2.18. The van der Waals surface area contributed by atoms with E-state index in [0.717, 1.165) is 37.1 Å². The highest BCUT2D eigenvalue weighted by Gasteiger charge is 2.47. The van der Waals surface area contributed by atoms with Crippen LogP contribution in [0.5, 0.6) is 17.6 Å². The molecule has 11 heteroatoms. The van der Waals surface area contributed by atoms with Crippen LogP contribution in [0, 0.1) is 24.7 Å². The van der Waals surface area contributed by atoms with Crippen LogP contribution < -0.4 is 14.2 Å². The minimum atomic E-state index is -0.679. The van der Waals surface area contributed by atoms with Gasteiger partial charge >= 0.3 is 12.0 Å². The highest BCUT2D eigenvalue weighted by molar-refractivity contribution is 5.71. The molecule has 2 saturated carbocycles. The Morgan fingerprint density at radius 1 is 1.20 bits per heavy atom. The lowest BCUT2D eigenvalue weighted by Crippen LogP contribution is -2.21. The number of fused-ring (bicyclic) bond motifs is 1. The van der Waals surface area contributed by atoms with Gasteiger partial charge in [-0.1, -0.05) is 5.21 Å². The van der Waals surface area contributed by atoms with Gasteiger partial charge in [-0.05, 0) is 56.6 Å². The third kappa shape index (κ3) is 4.62. The average Bonchev–Trinajstić information content (AvgIpc) is 3.53. The Bertz CT molecular complexity index is 1230. The van der Waals surface area contributed by atoms with Crippen LogP contribution in [0.1, 0.15) is 37.1 Å². The van der Waals surface area contributed by atoms with Crippen molar-refractivity contribution in [2.75, 3.05) is 7.11 Å². The van der Waals surface area contributed by atoms with Crippen LogP contribution in [-0.4, -0.2) is 54.2 Å². The lowest BCUT2D eigenvalue weighted by molar-refractivity contribution is -0.143. The largest absolute Gasteiger partial charge is 0.489 e. The van der Waals surface area contributed by atoms with E-state index in [1.165, 1.54) is 7.11 Å². The smallest absolute Gasteiger partial charge is 0.320 e. The quantitative estimate of drug-likeness (QED) is 0.513. The summed E-state index contributed by atoms with van der Waals surface area (Å²) in [5.41, 5.74) is 2.72. The standard InChI is InChI=1S/C24H28N6O5/c1-13-20(35-15-10-14-4-5-16(23(31)32)17(14)11-15)7-6-18(26-13)22-19(30(2)29-28-22)12-34-24-25-9-8-21(27-24)33-3/h6-9,14-17H,4-5,10-12H2,1-3H3,(H,31,32)/t14-,15+,16-,17+/m1/s1. The van der Waals surface area contributed by atoms with Gasteiger partial charge in [-0.3, -0.25) is 4.79 Å². The Morgan fingerprint density at radius 3 is 2.83 bits per heavy atom. The third-order valence-electron chi connectivity index (χ3n) is 7.06. The van der Waals surface area contributed by atoms with E-state index in [9.17, 15) is 9.90 Å². The zero-order chi connectivity index (χ0) is 24.5. The first kappa shape index (κ1) is 23.0. The molecule has 35 heavy (non-hydrogen) atoms. The summed E-state index contributed by atoms with van der Waals surface area (Å²) in [5.74, 6) is 0.842. The molecule has 3 aromatic rings. The number of methoxy groups -OCH3 is 1. The summed E-state index contributed by atoms with van der Waals surface area (Å²) in [6, 6.07) is 5.58. The summed E-state index contributed by atoms with van der Waals surface area (Å²) in [4.78, 5) is 24.5. The first-order chi connectivity index (χ1) is 16.9. The number of hydrogen-bond acceptors (Lipinski definition) is 9. The molecule has 0 bridgehead atoms. The maximum Gasteiger partial charge on any atom is 0.320 e. The minimum Gasteiger partial charge on any atom is -0.489 e. The van der Waals surface area contributed by atoms with Crippen molar-refractivity contribution < 1.29 is 24.1 Å². The number of aliphatic carboxylic acids is 1. The van der Waals surface area contributed by atoms with Crippen molar-refractivity contribution >= 4 is 5.97 Å². The van der Waals surface area contributed by atoms with E-state index in [-0.39, 0.29) is 30.6 Å². The molecule has 0 aromatic carbocycles. The molecular weight excluding hydrogens is 452 g/mol. The Kier molecular flexibility index (Phi) is 6.23. The fourth-order valence-corrected chi connectivity index (χ4v) is 5.30. The van der Waals surface area contributed by atoms with Gasteiger partial charge in [0.25, 0.3) is 0 Å². The molecule has 3 aromatic heterocycles. The zero-order valence-corrected chi connectivity index (χ0v) is 19.9. The second-order valence-electron chi connectivity index (χ2n) is 9.12. The van der Waals surface area contributed by atoms with Crippen LogP contribution in [0.4, 0.5) is 0 Å². The fourth-order valence-electron chi connectivity index (χ4n) is 5.30. The lowest BCUT2D eigenvalue weighted by atomic mass is 9.92. The van der Waals surface area contributed by atoms with Crippen LogP contribution in [0.3, 0.4) is 0 Å². The predicted molar refractivity (Wildman–Crippen MR) is 123 cm³/mol. The van der Waals surface area contributed by atoms with E-state index in [1.807, 2.05) is 19.1 Å². The van der Waals surface area contributed by atoms with Gasteiger partial charge in [0.15, 0.2) is 0 Å². The van der Waals surface area contributed by atoms with Crippen LogP contribution in [0.15, 0.2) is 24.4 Å². The van der Waals surface area contributed by atoms with Crippen molar-refractivity contribution in [2.45, 2.75) is 45.3 Å². The molecule has 0 saturated heterocycles. The minimum absolute atomic E-state index is 0.0156. The van der Waals surface area contributed by atoms with E-state index in [2.05, 4.69) is 20.3 Å². The molecule has 0 aliphatic heterocycles. The number of carboxylic acids is 1. The van der Waals surface area contributed by atoms with Crippen LogP contribution in [-0.2, 0) is 18.4 Å². The molecule has 2 aliphatic rings. The number of aromatic nitrogens is 6. The van der Waals surface area contributed by atoms with Crippen molar-refractivity contribution in [1.82, 2.24) is 29.9 Å². The molecule has 2 fully saturated rings. The van der Waals surface area contributed by atoms with E-state index >= 15 is 0 Å². The van der Waals surface area contributed by atoms with Gasteiger partial charge in [-0.2, -0.15) is 4.98 Å². The van der Waals surface area contributed by atoms with Gasteiger partial charge in [-0.15, -0.1) is 5.10 Å². The summed E-state index contributed by atoms with van der Waals surface area (Å²) in [6.45, 7) is 2.05. The Labute approximate surface area is 202 Å². The normalized spacial score (nSPS) is 23.2. The van der Waals surface area contributed by atoms with E-state index in [0.29, 0.717) is 28.9 Å². The maximum atomic E-state index is 11.5. The molecule has 0 radical (unpaired) electrons. The highest BCUT2D eigenvalue weighted by Crippen LogP contribution is 2.48. The number of carbonyl (C=O) groups is 1. The second-order valence-corrected chi connectivity index (χ2v) is 9.12. The fraction of sp³-hybridized carbons (Fsp3) is 0.500. The molecule has 4 atom stereocenters. The summed E-state index contributed by atoms with van der Waals surface area (Å²) in [6.07, 6.45) is 5.00. The van der Waals surface area contributed by atoms with Gasteiger partial charge in [0.1, 0.15) is 23.7 Å². The number of pyridine rings is 1. The predicted octanol–water partition coefficient (Wildman–Crippen LogP) is 2.83. The molecular formula is C24H28N6O5. The van der Waals surface area contributed by atoms with Crippen LogP contribution in [0.25, 0.3) is 11.4 Å². The molecule has 0 spiro atoms. The van der Waals surface area contributed by atoms with E-state index < -0.39 is 5.97 Å². The first-order valence-electron chi connectivity index (χ1n) is 11.7. The molecule has 0 amide bonds. The van der Waals surface area contributed by atoms with Gasteiger partial charge in [0, 0.05) is 19.3 Å². The number of ether oxygens (including phenoxy) is 3. The van der Waals surface area contributed by atoms with Gasteiger partial charge < -0.3 is 19.3 Å². The third-order valence-corrected chi connectivity index (χ3v) is 7.06. The van der Waals surface area contributed by atoms with Crippen molar-refractivity contribution in [3.8, 4) is 29.0 Å². The van der Waals surface area contributed by atoms with Crippen LogP contribution >= 0.6 is 0 Å². The zero-order valence-electron chi connectivity index (χ0n) is 19.9. The van der Waals surface area contributed by atoms with Crippen LogP contribution in [0.2, 0.25) is 0 Å². The Balaban J connectivity index is 1.28. The molecule has 11 nitrogen and oxygen atoms in total. The number of hydrogen-bond donors (Lipinski definition) is 1. The highest BCUT2D eigenvalue weighted by atomic mass is 16.5. The van der Waals surface area contributed by atoms with Gasteiger partial charge in [0.05, 0.1) is 30.5 Å². The Morgan fingerprint density at radius 2 is 2.06 bits per heavy atom. The number of nitrogens with zero attached hydrogens (tertiary/aromatic N) is 6. The Hall–Kier alpha value is -3.76. The van der Waals surface area contributed by atoms with Crippen molar-refractivity contribution in [3.05, 3.63) is 35.8 Å². The molecule has 0 unspecified atom stereocenters. The maximum absolute atomic E-state index is 11.5. The number of carboxylic acid groups (broad SMARTS) is 1. The summed E-state index contributed by atoms with van der Waals surface area (Å²) < 4.78 is 18.8. The first-order valence-corrected chi connectivity index (χ1v) is 11.7. The second kappa shape index (κ2) is 9.47. The average molecular weight is 481 g/mol. The van der Waals surface area contributed by atoms with Crippen molar-refractivity contribution in [1.29, 1.82) is 0 Å². The van der Waals surface area contributed by atoms with E-state index in [4.69, 9.17) is 19.2 Å². The molecule has 1 N–H and O–H groups in total. The van der Waals surface area contributed by atoms with E-state index in [1.54, 1.807) is 24.0 Å². The monoisotopic (exact) mass is 480 g/mol. The molecule has 5 rings (SSSR count). The number of aryl methyl sites for hydroxylation is 2. The van der Waals surface area contributed by atoms with Gasteiger partial charge in [-0.25, -0.2) is 14.6 Å². The van der Waals surface area contributed by atoms with Gasteiger partial charge in [0.2, 0.25) is 5.88 Å². The topological polar surface area (TPSA) is 134 Å². The molecule has 3 heterocycles. The summed E-state index contributed by atoms with van der Waals surface area (Å²) in [7, 11) is 3.31. The summed E-state index contributed by atoms with van der Waals surface area (Å²) in [5, 5.41) is 17.9. The SMILES string of the molecule is COc1ccnc(OCc2c(-c3ccc(O[C@H]4C[C@H]5CC[C@@H](C(=O)O)[C@H]5C4)c(C)n3)nnn2C)n1. The summed E-state index contributed by atoms with van der Waals surface area (Å²) >= 11 is 0. The molecule has 2 aliphatic carbocycles. The van der Waals surface area contributed by atoms with Crippen molar-refractivity contribution in [2.24, 2.45) is 24.8 Å². The number of rotatable bonds is 8.